The Morgan fingerprint density at radius 1 is 1.32 bits per heavy atom. The van der Waals surface area contributed by atoms with Crippen LogP contribution in [0.1, 0.15) is 23.2 Å². The molecule has 1 saturated heterocycles. The molecule has 0 aliphatic carbocycles. The second-order valence-corrected chi connectivity index (χ2v) is 8.65. The van der Waals surface area contributed by atoms with E-state index in [-0.39, 0.29) is 34.4 Å². The van der Waals surface area contributed by atoms with Gasteiger partial charge in [0.05, 0.1) is 22.1 Å². The Balaban J connectivity index is 1.86. The molecule has 0 radical (unpaired) electrons. The van der Waals surface area contributed by atoms with Crippen LogP contribution in [0.4, 0.5) is 0 Å². The highest BCUT2D eigenvalue weighted by atomic mass is 79.9. The molecule has 120 valence electrons. The van der Waals surface area contributed by atoms with Gasteiger partial charge in [-0.1, -0.05) is 27.5 Å². The summed E-state index contributed by atoms with van der Waals surface area (Å²) in [7, 11) is -3.02. The lowest BCUT2D eigenvalue weighted by Crippen LogP contribution is -2.42. The molecule has 0 unspecified atom stereocenters. The molecule has 2 rings (SSSR count). The summed E-state index contributed by atoms with van der Waals surface area (Å²) in [5, 5.41) is 0.261. The van der Waals surface area contributed by atoms with E-state index >= 15 is 0 Å². The lowest BCUT2D eigenvalue weighted by atomic mass is 10.1. The number of amides is 2. The Labute approximate surface area is 141 Å². The number of nitrogens with one attached hydrogen (secondary N) is 2. The molecule has 1 aliphatic heterocycles. The first kappa shape index (κ1) is 17.2. The third-order valence-corrected chi connectivity index (χ3v) is 5.95. The number of sulfone groups is 1. The van der Waals surface area contributed by atoms with Gasteiger partial charge in [0, 0.05) is 10.9 Å². The Morgan fingerprint density at radius 2 is 2.05 bits per heavy atom. The van der Waals surface area contributed by atoms with Crippen molar-refractivity contribution in [3.63, 3.8) is 0 Å². The minimum atomic E-state index is -3.02. The fourth-order valence-electron chi connectivity index (χ4n) is 2.21. The van der Waals surface area contributed by atoms with E-state index in [0.717, 1.165) is 0 Å². The van der Waals surface area contributed by atoms with Crippen LogP contribution in [0.15, 0.2) is 22.7 Å². The zero-order valence-corrected chi connectivity index (χ0v) is 14.6. The van der Waals surface area contributed by atoms with Gasteiger partial charge >= 0.3 is 0 Å². The fourth-order valence-corrected chi connectivity index (χ4v) is 4.64. The van der Waals surface area contributed by atoms with E-state index in [1.54, 1.807) is 12.1 Å². The van der Waals surface area contributed by atoms with Gasteiger partial charge in [-0.2, -0.15) is 0 Å². The zero-order chi connectivity index (χ0) is 16.3. The van der Waals surface area contributed by atoms with E-state index < -0.39 is 21.7 Å². The van der Waals surface area contributed by atoms with Crippen LogP contribution >= 0.6 is 27.5 Å². The van der Waals surface area contributed by atoms with Crippen molar-refractivity contribution in [2.75, 3.05) is 11.5 Å². The van der Waals surface area contributed by atoms with Crippen molar-refractivity contribution in [3.05, 3.63) is 33.3 Å². The molecule has 2 N–H and O–H groups in total. The first-order chi connectivity index (χ1) is 10.3. The minimum absolute atomic E-state index is 0.0197. The van der Waals surface area contributed by atoms with Crippen molar-refractivity contribution in [1.82, 2.24) is 10.9 Å². The molecule has 22 heavy (non-hydrogen) atoms. The van der Waals surface area contributed by atoms with Gasteiger partial charge in [-0.15, -0.1) is 0 Å². The molecule has 6 nitrogen and oxygen atoms in total. The predicted octanol–water partition coefficient (Wildman–Crippen LogP) is 1.69. The van der Waals surface area contributed by atoms with E-state index in [9.17, 15) is 18.0 Å². The normalized spacial score (nSPS) is 19.6. The first-order valence-corrected chi connectivity index (χ1v) is 9.51. The van der Waals surface area contributed by atoms with Gasteiger partial charge in [0.2, 0.25) is 5.91 Å². The van der Waals surface area contributed by atoms with E-state index in [1.807, 2.05) is 0 Å². The smallest absolute Gasteiger partial charge is 0.271 e. The number of hydrogen-bond donors (Lipinski definition) is 2. The van der Waals surface area contributed by atoms with Crippen LogP contribution in [0, 0.1) is 5.92 Å². The molecule has 0 spiro atoms. The molecule has 1 aliphatic rings. The third-order valence-electron chi connectivity index (χ3n) is 3.29. The summed E-state index contributed by atoms with van der Waals surface area (Å²) in [6.45, 7) is 0. The number of halogens is 2. The summed E-state index contributed by atoms with van der Waals surface area (Å²) in [5.74, 6) is -1.03. The third kappa shape index (κ3) is 4.69. The van der Waals surface area contributed by atoms with Crippen molar-refractivity contribution < 1.29 is 18.0 Å². The highest BCUT2D eigenvalue weighted by molar-refractivity contribution is 9.10. The van der Waals surface area contributed by atoms with Crippen LogP contribution in [-0.2, 0) is 14.6 Å². The second-order valence-electron chi connectivity index (χ2n) is 5.10. The lowest BCUT2D eigenvalue weighted by molar-refractivity contribution is -0.122. The Hall–Kier alpha value is -1.12. The van der Waals surface area contributed by atoms with E-state index in [2.05, 4.69) is 26.8 Å². The van der Waals surface area contributed by atoms with Crippen LogP contribution < -0.4 is 10.9 Å². The monoisotopic (exact) mass is 408 g/mol. The minimum Gasteiger partial charge on any atom is -0.273 e. The largest absolute Gasteiger partial charge is 0.273 e. The quantitative estimate of drug-likeness (QED) is 0.743. The zero-order valence-electron chi connectivity index (χ0n) is 11.4. The summed E-state index contributed by atoms with van der Waals surface area (Å²) < 4.78 is 23.3. The van der Waals surface area contributed by atoms with Crippen LogP contribution in [-0.4, -0.2) is 31.7 Å². The van der Waals surface area contributed by atoms with Crippen molar-refractivity contribution in [2.45, 2.75) is 12.8 Å². The molecule has 0 bridgehead atoms. The van der Waals surface area contributed by atoms with E-state index in [0.29, 0.717) is 10.9 Å². The summed E-state index contributed by atoms with van der Waals surface area (Å²) in [5.41, 5.74) is 4.76. The van der Waals surface area contributed by atoms with Crippen molar-refractivity contribution >= 4 is 49.2 Å². The molecule has 2 amide bonds. The molecule has 1 aromatic carbocycles. The molecular weight excluding hydrogens is 396 g/mol. The average Bonchev–Trinajstić information content (AvgIpc) is 2.78. The summed E-state index contributed by atoms with van der Waals surface area (Å²) in [6.07, 6.45) is 0.535. The number of carbonyl (C=O) groups is 2. The summed E-state index contributed by atoms with van der Waals surface area (Å²) in [6, 6.07) is 4.79. The van der Waals surface area contributed by atoms with Crippen molar-refractivity contribution in [3.8, 4) is 0 Å². The van der Waals surface area contributed by atoms with Gasteiger partial charge in [-0.25, -0.2) is 8.42 Å². The standard InChI is InChI=1S/C13H14BrClN2O4S/c14-9-1-2-11(15)10(6-9)13(19)17-16-12(18)5-8-3-4-22(20,21)7-8/h1-2,6,8H,3-5,7H2,(H,16,18)(H,17,19)/t8-/m1/s1. The van der Waals surface area contributed by atoms with Gasteiger partial charge in [-0.05, 0) is 30.5 Å². The molecular formula is C13H14BrClN2O4S. The molecule has 0 saturated carbocycles. The van der Waals surface area contributed by atoms with Gasteiger partial charge in [0.15, 0.2) is 9.84 Å². The fraction of sp³-hybridized carbons (Fsp3) is 0.385. The van der Waals surface area contributed by atoms with Crippen LogP contribution in [0.2, 0.25) is 5.02 Å². The maximum atomic E-state index is 11.9. The maximum absolute atomic E-state index is 11.9. The average molecular weight is 410 g/mol. The van der Waals surface area contributed by atoms with Crippen molar-refractivity contribution in [1.29, 1.82) is 0 Å². The number of carbonyl (C=O) groups excluding carboxylic acids is 2. The number of hydrogen-bond acceptors (Lipinski definition) is 4. The molecule has 0 aromatic heterocycles. The summed E-state index contributed by atoms with van der Waals surface area (Å²) >= 11 is 9.14. The first-order valence-electron chi connectivity index (χ1n) is 6.51. The van der Waals surface area contributed by atoms with Gasteiger partial charge in [0.25, 0.3) is 5.91 Å². The lowest BCUT2D eigenvalue weighted by Gasteiger charge is -2.11. The second kappa shape index (κ2) is 6.97. The van der Waals surface area contributed by atoms with Crippen LogP contribution in [0.25, 0.3) is 0 Å². The molecule has 1 atom stereocenters. The van der Waals surface area contributed by atoms with Gasteiger partial charge in [0.1, 0.15) is 0 Å². The van der Waals surface area contributed by atoms with Crippen LogP contribution in [0.5, 0.6) is 0 Å². The molecule has 1 aromatic rings. The molecule has 1 fully saturated rings. The van der Waals surface area contributed by atoms with E-state index in [4.69, 9.17) is 11.6 Å². The summed E-state index contributed by atoms with van der Waals surface area (Å²) in [4.78, 5) is 23.7. The highest BCUT2D eigenvalue weighted by Crippen LogP contribution is 2.22. The maximum Gasteiger partial charge on any atom is 0.271 e. The Kier molecular flexibility index (Phi) is 5.46. The predicted molar refractivity (Wildman–Crippen MR) is 86.1 cm³/mol. The van der Waals surface area contributed by atoms with Gasteiger partial charge < -0.3 is 0 Å². The van der Waals surface area contributed by atoms with E-state index in [1.165, 1.54) is 6.07 Å². The SMILES string of the molecule is O=C(C[C@H]1CCS(=O)(=O)C1)NNC(=O)c1cc(Br)ccc1Cl. The topological polar surface area (TPSA) is 92.3 Å². The number of benzene rings is 1. The molecule has 9 heteroatoms. The van der Waals surface area contributed by atoms with Gasteiger partial charge in [-0.3, -0.25) is 20.4 Å². The number of hydrazine groups is 1. The Bertz CT molecular complexity index is 708. The highest BCUT2D eigenvalue weighted by Gasteiger charge is 2.29. The molecule has 1 heterocycles. The number of rotatable bonds is 3. The van der Waals surface area contributed by atoms with Crippen molar-refractivity contribution in [2.24, 2.45) is 5.92 Å². The Morgan fingerprint density at radius 3 is 2.68 bits per heavy atom. The van der Waals surface area contributed by atoms with Crippen LogP contribution in [0.3, 0.4) is 0 Å².